The van der Waals surface area contributed by atoms with Crippen molar-refractivity contribution in [2.75, 3.05) is 19.7 Å². The number of rotatable bonds is 9. The molecule has 0 radical (unpaired) electrons. The molecule has 3 aliphatic rings. The van der Waals surface area contributed by atoms with Crippen LogP contribution < -0.4 is 15.4 Å². The fourth-order valence-corrected chi connectivity index (χ4v) is 5.44. The van der Waals surface area contributed by atoms with Gasteiger partial charge < -0.3 is 15.0 Å². The van der Waals surface area contributed by atoms with Crippen LogP contribution in [0.2, 0.25) is 0 Å². The van der Waals surface area contributed by atoms with Crippen LogP contribution in [0.25, 0.3) is 0 Å². The van der Waals surface area contributed by atoms with Crippen LogP contribution in [0.4, 0.5) is 4.39 Å². The molecule has 0 aromatic heterocycles. The van der Waals surface area contributed by atoms with E-state index in [4.69, 9.17) is 4.74 Å². The van der Waals surface area contributed by atoms with Crippen LogP contribution in [0.3, 0.4) is 0 Å². The van der Waals surface area contributed by atoms with Gasteiger partial charge in [-0.25, -0.2) is 4.39 Å². The summed E-state index contributed by atoms with van der Waals surface area (Å²) in [7, 11) is 0. The van der Waals surface area contributed by atoms with E-state index in [0.717, 1.165) is 30.5 Å². The van der Waals surface area contributed by atoms with Gasteiger partial charge in [0.1, 0.15) is 17.6 Å². The highest BCUT2D eigenvalue weighted by molar-refractivity contribution is 6.05. The van der Waals surface area contributed by atoms with Gasteiger partial charge in [0, 0.05) is 30.6 Å². The third kappa shape index (κ3) is 5.55. The molecule has 0 spiro atoms. The molecule has 2 aromatic carbocycles. The van der Waals surface area contributed by atoms with Gasteiger partial charge in [-0.1, -0.05) is 18.2 Å². The van der Waals surface area contributed by atoms with Crippen molar-refractivity contribution in [1.29, 1.82) is 0 Å². The van der Waals surface area contributed by atoms with Crippen molar-refractivity contribution >= 4 is 23.6 Å². The van der Waals surface area contributed by atoms with Gasteiger partial charge in [0.15, 0.2) is 0 Å². The average molecular weight is 523 g/mol. The van der Waals surface area contributed by atoms with E-state index in [9.17, 15) is 23.6 Å². The molecule has 2 atom stereocenters. The van der Waals surface area contributed by atoms with Crippen LogP contribution in [0.15, 0.2) is 42.5 Å². The first-order valence-electron chi connectivity index (χ1n) is 13.1. The molecule has 3 aliphatic heterocycles. The van der Waals surface area contributed by atoms with Crippen molar-refractivity contribution in [2.45, 2.75) is 57.3 Å². The van der Waals surface area contributed by atoms with E-state index < -0.39 is 11.9 Å². The lowest BCUT2D eigenvalue weighted by Gasteiger charge is -2.29. The molecule has 0 aliphatic carbocycles. The minimum absolute atomic E-state index is 0.0272. The van der Waals surface area contributed by atoms with E-state index in [1.54, 1.807) is 24.3 Å². The lowest BCUT2D eigenvalue weighted by Crippen LogP contribution is -2.52. The van der Waals surface area contributed by atoms with Gasteiger partial charge in [0.25, 0.3) is 5.91 Å². The quantitative estimate of drug-likeness (QED) is 0.386. The van der Waals surface area contributed by atoms with E-state index in [2.05, 4.69) is 15.5 Å². The summed E-state index contributed by atoms with van der Waals surface area (Å²) in [5.41, 5.74) is 2.12. The number of benzene rings is 2. The number of likely N-dealkylation sites (tertiary alicyclic amines) is 1. The van der Waals surface area contributed by atoms with Gasteiger partial charge in [-0.05, 0) is 62.1 Å². The maximum Gasteiger partial charge on any atom is 0.255 e. The molecular formula is C28H31FN4O5. The number of amides is 4. The van der Waals surface area contributed by atoms with Crippen molar-refractivity contribution in [3.8, 4) is 5.75 Å². The standard InChI is InChI=1S/C28H31FN4O5/c29-19-9-7-18(8-10-19)16-30-26(35)22-5-2-13-32(22)14-3-15-38-24-6-1-4-20-21(24)17-33(28(20)37)23-11-12-25(34)31-27(23)36/h1,4,6-10,22-23H,2-3,5,11-17H2,(H,30,35)(H,31,34,36). The first kappa shape index (κ1) is 25.8. The first-order chi connectivity index (χ1) is 18.4. The van der Waals surface area contributed by atoms with Gasteiger partial charge in [-0.2, -0.15) is 0 Å². The third-order valence-corrected chi connectivity index (χ3v) is 7.43. The van der Waals surface area contributed by atoms with Crippen LogP contribution >= 0.6 is 0 Å². The highest BCUT2D eigenvalue weighted by atomic mass is 19.1. The largest absolute Gasteiger partial charge is 0.493 e. The summed E-state index contributed by atoms with van der Waals surface area (Å²) in [4.78, 5) is 53.2. The molecule has 5 rings (SSSR count). The summed E-state index contributed by atoms with van der Waals surface area (Å²) in [5, 5.41) is 5.27. The number of nitrogens with one attached hydrogen (secondary N) is 2. The van der Waals surface area contributed by atoms with Crippen molar-refractivity contribution in [3.63, 3.8) is 0 Å². The summed E-state index contributed by atoms with van der Waals surface area (Å²) in [5.74, 6) is -0.701. The minimum Gasteiger partial charge on any atom is -0.493 e. The van der Waals surface area contributed by atoms with Crippen LogP contribution in [0, 0.1) is 5.82 Å². The van der Waals surface area contributed by atoms with E-state index in [1.807, 2.05) is 6.07 Å². The molecule has 2 N–H and O–H groups in total. The second kappa shape index (κ2) is 11.3. The number of hydrogen-bond donors (Lipinski definition) is 2. The smallest absolute Gasteiger partial charge is 0.255 e. The van der Waals surface area contributed by atoms with E-state index >= 15 is 0 Å². The second-order valence-electron chi connectivity index (χ2n) is 9.92. The summed E-state index contributed by atoms with van der Waals surface area (Å²) in [6, 6.07) is 10.5. The third-order valence-electron chi connectivity index (χ3n) is 7.43. The van der Waals surface area contributed by atoms with Crippen LogP contribution in [-0.4, -0.2) is 65.2 Å². The van der Waals surface area contributed by atoms with Gasteiger partial charge in [0.05, 0.1) is 19.2 Å². The summed E-state index contributed by atoms with van der Waals surface area (Å²) < 4.78 is 19.2. The van der Waals surface area contributed by atoms with Crippen molar-refractivity contribution in [2.24, 2.45) is 0 Å². The monoisotopic (exact) mass is 522 g/mol. The predicted octanol–water partition coefficient (Wildman–Crippen LogP) is 2.14. The number of nitrogens with zero attached hydrogens (tertiary/aromatic N) is 2. The maximum absolute atomic E-state index is 13.1. The highest BCUT2D eigenvalue weighted by Gasteiger charge is 2.40. The molecule has 2 aromatic rings. The van der Waals surface area contributed by atoms with Gasteiger partial charge in [-0.15, -0.1) is 0 Å². The second-order valence-corrected chi connectivity index (χ2v) is 9.92. The Bertz CT molecular complexity index is 1230. The Morgan fingerprint density at radius 2 is 1.92 bits per heavy atom. The number of imide groups is 1. The number of halogens is 1. The molecule has 4 amide bonds. The Kier molecular flexibility index (Phi) is 7.69. The van der Waals surface area contributed by atoms with Crippen molar-refractivity contribution in [3.05, 3.63) is 65.0 Å². The molecule has 38 heavy (non-hydrogen) atoms. The number of hydrogen-bond acceptors (Lipinski definition) is 6. The topological polar surface area (TPSA) is 108 Å². The molecule has 0 bridgehead atoms. The normalized spacial score (nSPS) is 21.4. The molecular weight excluding hydrogens is 491 g/mol. The molecule has 200 valence electrons. The van der Waals surface area contributed by atoms with E-state index in [0.29, 0.717) is 43.9 Å². The number of carbonyl (C=O) groups excluding carboxylic acids is 4. The number of fused-ring (bicyclic) bond motifs is 1. The summed E-state index contributed by atoms with van der Waals surface area (Å²) in [6.45, 7) is 2.58. The fourth-order valence-electron chi connectivity index (χ4n) is 5.44. The van der Waals surface area contributed by atoms with Gasteiger partial charge in [-0.3, -0.25) is 29.4 Å². The molecule has 0 saturated carbocycles. The van der Waals surface area contributed by atoms with Crippen molar-refractivity contribution < 1.29 is 28.3 Å². The molecule has 2 fully saturated rings. The van der Waals surface area contributed by atoms with E-state index in [1.165, 1.54) is 17.0 Å². The molecule has 10 heteroatoms. The molecule has 3 heterocycles. The zero-order valence-corrected chi connectivity index (χ0v) is 21.1. The minimum atomic E-state index is -0.665. The van der Waals surface area contributed by atoms with Crippen LogP contribution in [0.1, 0.15) is 53.6 Å². The zero-order valence-electron chi connectivity index (χ0n) is 21.1. The lowest BCUT2D eigenvalue weighted by molar-refractivity contribution is -0.137. The Morgan fingerprint density at radius 1 is 1.11 bits per heavy atom. The number of piperidine rings is 1. The molecule has 9 nitrogen and oxygen atoms in total. The van der Waals surface area contributed by atoms with Crippen LogP contribution in [0.5, 0.6) is 5.75 Å². The van der Waals surface area contributed by atoms with E-state index in [-0.39, 0.29) is 42.5 Å². The van der Waals surface area contributed by atoms with Crippen LogP contribution in [-0.2, 0) is 27.5 Å². The number of ether oxygens (including phenoxy) is 1. The van der Waals surface area contributed by atoms with Gasteiger partial charge >= 0.3 is 0 Å². The zero-order chi connectivity index (χ0) is 26.6. The first-order valence-corrected chi connectivity index (χ1v) is 13.1. The Hall–Kier alpha value is -3.79. The average Bonchev–Trinajstić information content (AvgIpc) is 3.51. The van der Waals surface area contributed by atoms with Gasteiger partial charge in [0.2, 0.25) is 17.7 Å². The Labute approximate surface area is 220 Å². The SMILES string of the molecule is O=C1CCC(N2Cc3c(OCCCN4CCCC4C(=O)NCc4ccc(F)cc4)cccc3C2=O)C(=O)N1. The summed E-state index contributed by atoms with van der Waals surface area (Å²) in [6.07, 6.45) is 2.97. The predicted molar refractivity (Wildman–Crippen MR) is 135 cm³/mol. The van der Waals surface area contributed by atoms with Crippen molar-refractivity contribution in [1.82, 2.24) is 20.4 Å². The Morgan fingerprint density at radius 3 is 2.71 bits per heavy atom. The highest BCUT2D eigenvalue weighted by Crippen LogP contribution is 2.33. The number of carbonyl (C=O) groups is 4. The fraction of sp³-hybridized carbons (Fsp3) is 0.429. The lowest BCUT2D eigenvalue weighted by atomic mass is 10.0. The maximum atomic E-state index is 13.1. The molecule has 2 unspecified atom stereocenters. The summed E-state index contributed by atoms with van der Waals surface area (Å²) >= 11 is 0. The molecule has 2 saturated heterocycles. The Balaban J connectivity index is 1.11.